The Bertz CT molecular complexity index is 1380. The smallest absolute Gasteiger partial charge is 0.338 e. The third-order valence-corrected chi connectivity index (χ3v) is 8.47. The number of benzene rings is 2. The Balaban J connectivity index is 1.30. The van der Waals surface area contributed by atoms with Gasteiger partial charge in [0.15, 0.2) is 18.9 Å². The highest BCUT2D eigenvalue weighted by Gasteiger charge is 2.53. The van der Waals surface area contributed by atoms with E-state index in [0.717, 1.165) is 0 Å². The minimum absolute atomic E-state index is 0.0560. The van der Waals surface area contributed by atoms with Crippen LogP contribution in [-0.2, 0) is 44.6 Å². The molecule has 3 aliphatic rings. The largest absolute Gasteiger partial charge is 0.459 e. The number of nitrogens with one attached hydrogen (secondary N) is 1. The molecule has 5 rings (SSSR count). The van der Waals surface area contributed by atoms with Crippen LogP contribution in [0.2, 0.25) is 5.02 Å². The zero-order chi connectivity index (χ0) is 34.5. The van der Waals surface area contributed by atoms with Gasteiger partial charge >= 0.3 is 5.97 Å². The Hall–Kier alpha value is -2.73. The molecule has 15 heteroatoms. The van der Waals surface area contributed by atoms with E-state index in [-0.39, 0.29) is 30.6 Å². The Kier molecular flexibility index (Phi) is 12.4. The molecule has 2 aromatic carbocycles. The molecule has 0 saturated carbocycles. The van der Waals surface area contributed by atoms with Crippen LogP contribution in [0.15, 0.2) is 48.5 Å². The predicted octanol–water partition coefficient (Wildman–Crippen LogP) is 1.74. The molecule has 1 amide bonds. The van der Waals surface area contributed by atoms with Gasteiger partial charge in [-0.2, -0.15) is 0 Å². The van der Waals surface area contributed by atoms with Gasteiger partial charge in [0.05, 0.1) is 29.5 Å². The second-order valence-electron chi connectivity index (χ2n) is 12.4. The summed E-state index contributed by atoms with van der Waals surface area (Å²) in [4.78, 5) is 24.3. The first-order chi connectivity index (χ1) is 22.9. The standard InChI is InChI=1S/C33H42ClNO13/c1-16(2)11-24-42-14-22-29(47-24)26(38)28(40)33(46-22)48-30-23(15-43-31(41)19-7-5-4-6-8-19)45-32(27(39)25(30)37)44-13-18-9-10-20(34)21(12-18)35-17(3)36/h4-10,12,16,22-30,32-33,37-40H,11,13-15H2,1-3H3,(H,35,36)/t22-,23-,24?,25-,26-,27-,28-,29-,30-,32-,33-/m1/s1. The van der Waals surface area contributed by atoms with Gasteiger partial charge < -0.3 is 58.9 Å². The first-order valence-electron chi connectivity index (χ1n) is 15.8. The van der Waals surface area contributed by atoms with Crippen molar-refractivity contribution in [2.75, 3.05) is 18.5 Å². The Morgan fingerprint density at radius 1 is 0.958 bits per heavy atom. The molecule has 3 heterocycles. The van der Waals surface area contributed by atoms with Crippen LogP contribution in [0, 0.1) is 5.92 Å². The fraction of sp³-hybridized carbons (Fsp3) is 0.576. The van der Waals surface area contributed by atoms with Gasteiger partial charge in [0.1, 0.15) is 55.4 Å². The van der Waals surface area contributed by atoms with Gasteiger partial charge in [0, 0.05) is 13.3 Å². The normalized spacial score (nSPS) is 33.6. The summed E-state index contributed by atoms with van der Waals surface area (Å²) in [5.74, 6) is -0.735. The fourth-order valence-corrected chi connectivity index (χ4v) is 5.85. The summed E-state index contributed by atoms with van der Waals surface area (Å²) in [6, 6.07) is 13.0. The van der Waals surface area contributed by atoms with Crippen LogP contribution in [0.3, 0.4) is 0 Å². The minimum atomic E-state index is -1.69. The zero-order valence-electron chi connectivity index (χ0n) is 26.7. The van der Waals surface area contributed by atoms with Crippen LogP contribution in [0.5, 0.6) is 0 Å². The topological polar surface area (TPSA) is 192 Å². The van der Waals surface area contributed by atoms with Crippen molar-refractivity contribution in [3.05, 3.63) is 64.7 Å². The van der Waals surface area contributed by atoms with Gasteiger partial charge in [-0.25, -0.2) is 4.79 Å². The number of rotatable bonds is 11. The van der Waals surface area contributed by atoms with Gasteiger partial charge in [-0.1, -0.05) is 49.7 Å². The summed E-state index contributed by atoms with van der Waals surface area (Å²) in [7, 11) is 0. The fourth-order valence-electron chi connectivity index (χ4n) is 5.69. The van der Waals surface area contributed by atoms with E-state index >= 15 is 0 Å². The number of carbonyl (C=O) groups is 2. The maximum atomic E-state index is 12.8. The molecule has 48 heavy (non-hydrogen) atoms. The molecular formula is C33H42ClNO13. The number of aliphatic hydroxyl groups excluding tert-OH is 4. The van der Waals surface area contributed by atoms with Crippen LogP contribution in [-0.4, -0.2) is 113 Å². The Morgan fingerprint density at radius 3 is 2.40 bits per heavy atom. The number of amides is 1. The number of carbonyl (C=O) groups excluding carboxylic acids is 2. The molecule has 11 atom stereocenters. The summed E-state index contributed by atoms with van der Waals surface area (Å²) in [5.41, 5.74) is 1.19. The van der Waals surface area contributed by atoms with Crippen molar-refractivity contribution in [3.8, 4) is 0 Å². The number of fused-ring (bicyclic) bond motifs is 1. The average Bonchev–Trinajstić information content (AvgIpc) is 3.06. The van der Waals surface area contributed by atoms with E-state index in [0.29, 0.717) is 22.7 Å². The van der Waals surface area contributed by atoms with Gasteiger partial charge in [0.2, 0.25) is 5.91 Å². The number of aliphatic hydroxyl groups is 4. The third kappa shape index (κ3) is 8.89. The van der Waals surface area contributed by atoms with E-state index < -0.39 is 80.3 Å². The van der Waals surface area contributed by atoms with Gasteiger partial charge in [-0.3, -0.25) is 4.79 Å². The molecule has 0 aliphatic carbocycles. The second kappa shape index (κ2) is 16.3. The van der Waals surface area contributed by atoms with E-state index in [1.807, 2.05) is 13.8 Å². The first-order valence-corrected chi connectivity index (χ1v) is 16.1. The molecule has 14 nitrogen and oxygen atoms in total. The van der Waals surface area contributed by atoms with Crippen LogP contribution < -0.4 is 5.32 Å². The molecule has 0 bridgehead atoms. The summed E-state index contributed by atoms with van der Waals surface area (Å²) < 4.78 is 40.8. The van der Waals surface area contributed by atoms with Crippen LogP contribution in [0.25, 0.3) is 0 Å². The Morgan fingerprint density at radius 2 is 1.69 bits per heavy atom. The van der Waals surface area contributed by atoms with Crippen LogP contribution >= 0.6 is 11.6 Å². The lowest BCUT2D eigenvalue weighted by atomic mass is 9.96. The monoisotopic (exact) mass is 695 g/mol. The molecule has 5 N–H and O–H groups in total. The molecule has 0 aromatic heterocycles. The number of ether oxygens (including phenoxy) is 7. The minimum Gasteiger partial charge on any atom is -0.459 e. The van der Waals surface area contributed by atoms with Crippen molar-refractivity contribution < 1.29 is 63.2 Å². The van der Waals surface area contributed by atoms with E-state index in [9.17, 15) is 30.0 Å². The zero-order valence-corrected chi connectivity index (χ0v) is 27.5. The molecule has 0 spiro atoms. The van der Waals surface area contributed by atoms with E-state index in [1.54, 1.807) is 48.5 Å². The van der Waals surface area contributed by atoms with E-state index in [2.05, 4.69) is 5.32 Å². The summed E-state index contributed by atoms with van der Waals surface area (Å²) in [6.45, 7) is 4.82. The molecule has 3 saturated heterocycles. The molecule has 0 radical (unpaired) electrons. The van der Waals surface area contributed by atoms with Crippen LogP contribution in [0.4, 0.5) is 5.69 Å². The van der Waals surface area contributed by atoms with Crippen molar-refractivity contribution in [1.82, 2.24) is 0 Å². The van der Waals surface area contributed by atoms with Crippen molar-refractivity contribution in [2.45, 2.75) is 102 Å². The number of halogens is 1. The highest BCUT2D eigenvalue weighted by Crippen LogP contribution is 2.34. The first kappa shape index (κ1) is 36.5. The van der Waals surface area contributed by atoms with E-state index in [4.69, 9.17) is 44.8 Å². The number of esters is 1. The average molecular weight is 696 g/mol. The highest BCUT2D eigenvalue weighted by molar-refractivity contribution is 6.33. The van der Waals surface area contributed by atoms with Crippen LogP contribution in [0.1, 0.15) is 43.1 Å². The molecule has 264 valence electrons. The molecule has 3 fully saturated rings. The predicted molar refractivity (Wildman–Crippen MR) is 168 cm³/mol. The lowest BCUT2D eigenvalue weighted by Gasteiger charge is -2.48. The number of anilines is 1. The van der Waals surface area contributed by atoms with Crippen molar-refractivity contribution in [2.24, 2.45) is 5.92 Å². The lowest BCUT2D eigenvalue weighted by Crippen LogP contribution is -2.66. The quantitative estimate of drug-likeness (QED) is 0.214. The SMILES string of the molecule is CC(=O)Nc1cc(CO[C@@H]2O[C@H](COC(=O)c3ccccc3)[C@@H](O[C@H]3O[C@@H]4COC(CC(C)C)O[C@H]4[C@H](O)[C@H]3O)[C@H](O)[C@H]2O)ccc1Cl. The second-order valence-corrected chi connectivity index (χ2v) is 12.8. The summed E-state index contributed by atoms with van der Waals surface area (Å²) >= 11 is 6.17. The number of hydrogen-bond acceptors (Lipinski definition) is 13. The molecule has 3 aliphatic heterocycles. The van der Waals surface area contributed by atoms with Crippen molar-refractivity contribution in [3.63, 3.8) is 0 Å². The maximum absolute atomic E-state index is 12.8. The highest BCUT2D eigenvalue weighted by atomic mass is 35.5. The third-order valence-electron chi connectivity index (χ3n) is 8.14. The van der Waals surface area contributed by atoms with Gasteiger partial charge in [-0.05, 0) is 35.7 Å². The number of hydrogen-bond donors (Lipinski definition) is 5. The molecule has 2 aromatic rings. The molecular weight excluding hydrogens is 654 g/mol. The van der Waals surface area contributed by atoms with E-state index in [1.165, 1.54) is 6.92 Å². The summed E-state index contributed by atoms with van der Waals surface area (Å²) in [5, 5.41) is 47.2. The van der Waals surface area contributed by atoms with Crippen molar-refractivity contribution in [1.29, 1.82) is 0 Å². The van der Waals surface area contributed by atoms with Crippen molar-refractivity contribution >= 4 is 29.2 Å². The van der Waals surface area contributed by atoms with Gasteiger partial charge in [0.25, 0.3) is 0 Å². The Labute approximate surface area is 282 Å². The van der Waals surface area contributed by atoms with Gasteiger partial charge in [-0.15, -0.1) is 0 Å². The lowest BCUT2D eigenvalue weighted by molar-refractivity contribution is -0.385. The molecule has 1 unspecified atom stereocenters. The summed E-state index contributed by atoms with van der Waals surface area (Å²) in [6.07, 6.45) is -13.7. The maximum Gasteiger partial charge on any atom is 0.338 e.